The molecule has 3 heteroatoms. The molecule has 0 aromatic heterocycles. The van der Waals surface area contributed by atoms with Crippen molar-refractivity contribution in [3.05, 3.63) is 28.2 Å². The minimum Gasteiger partial charge on any atom is -0.429 e. The van der Waals surface area contributed by atoms with Crippen LogP contribution in [0.3, 0.4) is 0 Å². The maximum Gasteiger partial charge on any atom is 0.298 e. The second-order valence-electron chi connectivity index (χ2n) is 2.13. The summed E-state index contributed by atoms with van der Waals surface area (Å²) in [4.78, 5) is 9.94. The number of rotatable bonds is 2. The van der Waals surface area contributed by atoms with E-state index < -0.39 is 0 Å². The highest BCUT2D eigenvalue weighted by Crippen LogP contribution is 2.20. The number of carbonyl (C=O) groups is 1. The van der Waals surface area contributed by atoms with Crippen molar-refractivity contribution < 1.29 is 9.53 Å². The molecular weight excluding hydrogens is 208 g/mol. The van der Waals surface area contributed by atoms with E-state index in [1.54, 1.807) is 12.1 Å². The first kappa shape index (κ1) is 8.27. The molecule has 0 saturated carbocycles. The van der Waals surface area contributed by atoms with Crippen LogP contribution in [0, 0.1) is 6.92 Å². The molecule has 1 aromatic carbocycles. The van der Waals surface area contributed by atoms with Gasteiger partial charge >= 0.3 is 0 Å². The van der Waals surface area contributed by atoms with Gasteiger partial charge in [0.2, 0.25) is 0 Å². The zero-order valence-corrected chi connectivity index (χ0v) is 7.59. The van der Waals surface area contributed by atoms with E-state index in [4.69, 9.17) is 0 Å². The van der Waals surface area contributed by atoms with Crippen LogP contribution in [-0.2, 0) is 4.79 Å². The fourth-order valence-electron chi connectivity index (χ4n) is 0.746. The lowest BCUT2D eigenvalue weighted by molar-refractivity contribution is -0.120. The van der Waals surface area contributed by atoms with E-state index in [1.807, 2.05) is 13.0 Å². The highest BCUT2D eigenvalue weighted by Gasteiger charge is 1.96. The Kier molecular flexibility index (Phi) is 2.65. The highest BCUT2D eigenvalue weighted by molar-refractivity contribution is 9.10. The number of ether oxygens (including phenoxy) is 1. The minimum absolute atomic E-state index is 0.419. The molecule has 0 atom stereocenters. The van der Waals surface area contributed by atoms with Crippen molar-refractivity contribution in [1.29, 1.82) is 0 Å². The summed E-state index contributed by atoms with van der Waals surface area (Å²) in [6, 6.07) is 5.36. The van der Waals surface area contributed by atoms with Gasteiger partial charge in [-0.1, -0.05) is 15.9 Å². The maximum absolute atomic E-state index is 9.94. The fourth-order valence-corrected chi connectivity index (χ4v) is 0.993. The first-order valence-electron chi connectivity index (χ1n) is 3.10. The van der Waals surface area contributed by atoms with Crippen molar-refractivity contribution in [2.24, 2.45) is 0 Å². The van der Waals surface area contributed by atoms with Crippen LogP contribution in [0.5, 0.6) is 5.75 Å². The maximum atomic E-state index is 9.94. The summed E-state index contributed by atoms with van der Waals surface area (Å²) in [5.74, 6) is 0.570. The van der Waals surface area contributed by atoms with Crippen LogP contribution < -0.4 is 4.74 Å². The van der Waals surface area contributed by atoms with Gasteiger partial charge in [-0.25, -0.2) is 0 Å². The van der Waals surface area contributed by atoms with Gasteiger partial charge in [-0.15, -0.1) is 0 Å². The Hall–Kier alpha value is -0.830. The van der Waals surface area contributed by atoms with Gasteiger partial charge in [-0.05, 0) is 30.7 Å². The third kappa shape index (κ3) is 2.05. The number of carbonyl (C=O) groups excluding carboxylic acids is 1. The molecule has 0 radical (unpaired) electrons. The molecule has 11 heavy (non-hydrogen) atoms. The summed E-state index contributed by atoms with van der Waals surface area (Å²) in [6.45, 7) is 2.35. The van der Waals surface area contributed by atoms with Crippen LogP contribution in [0.15, 0.2) is 22.7 Å². The Morgan fingerprint density at radius 2 is 2.27 bits per heavy atom. The van der Waals surface area contributed by atoms with Crippen LogP contribution in [0.2, 0.25) is 0 Å². The number of aryl methyl sites for hydroxylation is 1. The van der Waals surface area contributed by atoms with E-state index in [-0.39, 0.29) is 0 Å². The minimum atomic E-state index is 0.419. The first-order chi connectivity index (χ1) is 5.24. The Balaban J connectivity index is 2.95. The molecule has 1 aromatic rings. The van der Waals surface area contributed by atoms with E-state index in [9.17, 15) is 4.79 Å². The highest BCUT2D eigenvalue weighted by atomic mass is 79.9. The summed E-state index contributed by atoms with van der Waals surface area (Å²) in [5.41, 5.74) is 1.05. The molecule has 1 rings (SSSR count). The summed E-state index contributed by atoms with van der Waals surface area (Å²) in [7, 11) is 0. The topological polar surface area (TPSA) is 26.3 Å². The van der Waals surface area contributed by atoms with Crippen molar-refractivity contribution in [2.45, 2.75) is 6.92 Å². The molecule has 2 nitrogen and oxygen atoms in total. The molecule has 0 saturated heterocycles. The molecule has 58 valence electrons. The summed E-state index contributed by atoms with van der Waals surface area (Å²) in [6.07, 6.45) is 0. The summed E-state index contributed by atoms with van der Waals surface area (Å²) < 4.78 is 5.65. The third-order valence-corrected chi connectivity index (χ3v) is 2.20. The fraction of sp³-hybridized carbons (Fsp3) is 0.125. The summed E-state index contributed by atoms with van der Waals surface area (Å²) >= 11 is 3.34. The van der Waals surface area contributed by atoms with E-state index in [1.165, 1.54) is 0 Å². The number of hydrogen-bond donors (Lipinski definition) is 0. The van der Waals surface area contributed by atoms with Gasteiger partial charge < -0.3 is 4.74 Å². The predicted molar refractivity (Wildman–Crippen MR) is 45.6 cm³/mol. The lowest BCUT2D eigenvalue weighted by atomic mass is 10.2. The third-order valence-electron chi connectivity index (χ3n) is 1.31. The van der Waals surface area contributed by atoms with Crippen molar-refractivity contribution in [3.8, 4) is 5.75 Å². The molecule has 0 aliphatic carbocycles. The van der Waals surface area contributed by atoms with Crippen molar-refractivity contribution >= 4 is 22.4 Å². The van der Waals surface area contributed by atoms with E-state index >= 15 is 0 Å². The molecule has 0 fully saturated rings. The quantitative estimate of drug-likeness (QED) is 0.707. The molecule has 0 amide bonds. The van der Waals surface area contributed by atoms with Gasteiger partial charge in [0.25, 0.3) is 6.47 Å². The van der Waals surface area contributed by atoms with Crippen molar-refractivity contribution in [2.75, 3.05) is 0 Å². The van der Waals surface area contributed by atoms with Gasteiger partial charge in [0, 0.05) is 4.47 Å². The van der Waals surface area contributed by atoms with Crippen LogP contribution in [-0.4, -0.2) is 6.47 Å². The first-order valence-corrected chi connectivity index (χ1v) is 3.90. The molecule has 0 aliphatic rings. The summed E-state index contributed by atoms with van der Waals surface area (Å²) in [5, 5.41) is 0. The second-order valence-corrected chi connectivity index (χ2v) is 2.98. The van der Waals surface area contributed by atoms with E-state index in [0.717, 1.165) is 10.0 Å². The van der Waals surface area contributed by atoms with E-state index in [2.05, 4.69) is 20.7 Å². The smallest absolute Gasteiger partial charge is 0.298 e. The second kappa shape index (κ2) is 3.53. The van der Waals surface area contributed by atoms with Gasteiger partial charge in [0.1, 0.15) is 5.75 Å². The zero-order valence-electron chi connectivity index (χ0n) is 6.00. The van der Waals surface area contributed by atoms with Gasteiger partial charge in [-0.3, -0.25) is 4.79 Å². The number of hydrogen-bond acceptors (Lipinski definition) is 2. The molecule has 0 bridgehead atoms. The molecule has 0 heterocycles. The largest absolute Gasteiger partial charge is 0.429 e. The Bertz CT molecular complexity index is 271. The molecule has 0 spiro atoms. The predicted octanol–water partition coefficient (Wildman–Crippen LogP) is 2.29. The zero-order chi connectivity index (χ0) is 8.27. The number of halogens is 1. The van der Waals surface area contributed by atoms with Crippen LogP contribution >= 0.6 is 15.9 Å². The van der Waals surface area contributed by atoms with Crippen LogP contribution in [0.1, 0.15) is 5.56 Å². The van der Waals surface area contributed by atoms with Gasteiger partial charge in [0.05, 0.1) is 0 Å². The average Bonchev–Trinajstić information content (AvgIpc) is 1.98. The lowest BCUT2D eigenvalue weighted by Crippen LogP contribution is -1.88. The molecular formula is C8H7BrO2. The molecule has 0 unspecified atom stereocenters. The normalized spacial score (nSPS) is 9.27. The van der Waals surface area contributed by atoms with Crippen LogP contribution in [0.4, 0.5) is 0 Å². The standard InChI is InChI=1S/C8H7BrO2/c1-6-4-7(11-5-10)2-3-8(6)9/h2-5H,1H3. The Morgan fingerprint density at radius 1 is 1.55 bits per heavy atom. The van der Waals surface area contributed by atoms with Gasteiger partial charge in [-0.2, -0.15) is 0 Å². The SMILES string of the molecule is Cc1cc(OC=O)ccc1Br. The number of benzene rings is 1. The van der Waals surface area contributed by atoms with Crippen LogP contribution in [0.25, 0.3) is 0 Å². The average molecular weight is 215 g/mol. The monoisotopic (exact) mass is 214 g/mol. The molecule has 0 N–H and O–H groups in total. The van der Waals surface area contributed by atoms with Crippen molar-refractivity contribution in [3.63, 3.8) is 0 Å². The van der Waals surface area contributed by atoms with Gasteiger partial charge in [0.15, 0.2) is 0 Å². The Morgan fingerprint density at radius 3 is 2.82 bits per heavy atom. The lowest BCUT2D eigenvalue weighted by Gasteiger charge is -2.00. The van der Waals surface area contributed by atoms with E-state index in [0.29, 0.717) is 12.2 Å². The Labute approximate surface area is 73.3 Å². The van der Waals surface area contributed by atoms with Crippen molar-refractivity contribution in [1.82, 2.24) is 0 Å². The molecule has 0 aliphatic heterocycles.